The Morgan fingerprint density at radius 1 is 1.12 bits per heavy atom. The van der Waals surface area contributed by atoms with Gasteiger partial charge in [0.15, 0.2) is 5.58 Å². The largest absolute Gasteiger partial charge is 0.495 e. The van der Waals surface area contributed by atoms with Crippen LogP contribution in [0.15, 0.2) is 44.4 Å². The fraction of sp³-hybridized carbons (Fsp3) is 0.235. The molecule has 7 nitrogen and oxygen atoms in total. The minimum Gasteiger partial charge on any atom is -0.495 e. The summed E-state index contributed by atoms with van der Waals surface area (Å²) in [4.78, 5) is 11.6. The molecule has 1 N–H and O–H groups in total. The van der Waals surface area contributed by atoms with Crippen LogP contribution in [-0.2, 0) is 17.1 Å². The third kappa shape index (κ3) is 3.00. The molecule has 0 aliphatic rings. The van der Waals surface area contributed by atoms with Gasteiger partial charge in [-0.3, -0.25) is 9.29 Å². The van der Waals surface area contributed by atoms with Crippen molar-refractivity contribution in [3.63, 3.8) is 0 Å². The van der Waals surface area contributed by atoms with Gasteiger partial charge in [-0.1, -0.05) is 0 Å². The highest BCUT2D eigenvalue weighted by Crippen LogP contribution is 2.29. The van der Waals surface area contributed by atoms with Crippen molar-refractivity contribution in [1.82, 2.24) is 4.57 Å². The molecule has 3 aromatic rings. The first kappa shape index (κ1) is 17.1. The number of ether oxygens (including phenoxy) is 1. The van der Waals surface area contributed by atoms with Gasteiger partial charge in [0.1, 0.15) is 10.6 Å². The van der Waals surface area contributed by atoms with Crippen molar-refractivity contribution < 1.29 is 17.6 Å². The number of sulfonamides is 1. The zero-order valence-electron chi connectivity index (χ0n) is 14.3. The topological polar surface area (TPSA) is 90.5 Å². The summed E-state index contributed by atoms with van der Waals surface area (Å²) >= 11 is 0. The summed E-state index contributed by atoms with van der Waals surface area (Å²) in [5.74, 6) is -0.238. The van der Waals surface area contributed by atoms with Gasteiger partial charge in [-0.05, 0) is 55.3 Å². The Hall–Kier alpha value is -2.74. The summed E-state index contributed by atoms with van der Waals surface area (Å²) in [6.45, 7) is 3.72. The van der Waals surface area contributed by atoms with E-state index in [2.05, 4.69) is 4.72 Å². The average Bonchev–Trinajstić information content (AvgIpc) is 2.84. The maximum atomic E-state index is 12.8. The fourth-order valence-corrected chi connectivity index (χ4v) is 3.82. The van der Waals surface area contributed by atoms with E-state index >= 15 is 0 Å². The number of methoxy groups -OCH3 is 1. The molecule has 0 spiro atoms. The number of rotatable bonds is 4. The van der Waals surface area contributed by atoms with Crippen LogP contribution < -0.4 is 15.2 Å². The maximum Gasteiger partial charge on any atom is 0.419 e. The predicted octanol–water partition coefficient (Wildman–Crippen LogP) is 2.56. The highest BCUT2D eigenvalue weighted by Gasteiger charge is 2.21. The van der Waals surface area contributed by atoms with Crippen LogP contribution in [0, 0.1) is 13.8 Å². The molecule has 25 heavy (non-hydrogen) atoms. The average molecular weight is 362 g/mol. The lowest BCUT2D eigenvalue weighted by Crippen LogP contribution is -2.15. The Kier molecular flexibility index (Phi) is 4.08. The molecule has 0 fully saturated rings. The summed E-state index contributed by atoms with van der Waals surface area (Å²) in [5, 5.41) is 0. The van der Waals surface area contributed by atoms with E-state index < -0.39 is 15.8 Å². The first-order valence-electron chi connectivity index (χ1n) is 7.50. The lowest BCUT2D eigenvalue weighted by Gasteiger charge is -2.14. The summed E-state index contributed by atoms with van der Waals surface area (Å²) in [6, 6.07) is 7.89. The third-order valence-corrected chi connectivity index (χ3v) is 5.52. The highest BCUT2D eigenvalue weighted by atomic mass is 32.2. The second kappa shape index (κ2) is 5.96. The SMILES string of the molecule is COc1cc(C)c(C)cc1S(=O)(=O)Nc1ccc2oc(=O)n(C)c2c1. The zero-order valence-corrected chi connectivity index (χ0v) is 15.1. The molecule has 0 atom stereocenters. The summed E-state index contributed by atoms with van der Waals surface area (Å²) < 4.78 is 39.7. The highest BCUT2D eigenvalue weighted by molar-refractivity contribution is 7.92. The van der Waals surface area contributed by atoms with Crippen molar-refractivity contribution in [2.45, 2.75) is 18.7 Å². The number of hydrogen-bond donors (Lipinski definition) is 1. The van der Waals surface area contributed by atoms with Crippen LogP contribution in [0.25, 0.3) is 11.1 Å². The Labute approximate surface area is 144 Å². The monoisotopic (exact) mass is 362 g/mol. The van der Waals surface area contributed by atoms with Gasteiger partial charge in [0.25, 0.3) is 10.0 Å². The van der Waals surface area contributed by atoms with Gasteiger partial charge >= 0.3 is 5.76 Å². The molecule has 0 aliphatic carbocycles. The van der Waals surface area contributed by atoms with E-state index in [1.165, 1.54) is 17.7 Å². The maximum absolute atomic E-state index is 12.8. The van der Waals surface area contributed by atoms with E-state index in [0.717, 1.165) is 11.1 Å². The molecular weight excluding hydrogens is 344 g/mol. The van der Waals surface area contributed by atoms with Crippen molar-refractivity contribution in [1.29, 1.82) is 0 Å². The van der Waals surface area contributed by atoms with Crippen LogP contribution >= 0.6 is 0 Å². The molecule has 0 saturated carbocycles. The molecule has 0 radical (unpaired) electrons. The minimum atomic E-state index is -3.86. The molecule has 1 heterocycles. The Morgan fingerprint density at radius 3 is 2.48 bits per heavy atom. The third-order valence-electron chi connectivity index (χ3n) is 4.11. The van der Waals surface area contributed by atoms with Crippen LogP contribution in [0.3, 0.4) is 0 Å². The second-order valence-corrected chi connectivity index (χ2v) is 7.45. The van der Waals surface area contributed by atoms with E-state index in [4.69, 9.17) is 9.15 Å². The van der Waals surface area contributed by atoms with Gasteiger partial charge in [-0.15, -0.1) is 0 Å². The molecule has 1 aromatic heterocycles. The van der Waals surface area contributed by atoms with Gasteiger partial charge in [-0.25, -0.2) is 13.2 Å². The van der Waals surface area contributed by atoms with Crippen LogP contribution in [-0.4, -0.2) is 20.1 Å². The molecule has 132 valence electrons. The Balaban J connectivity index is 2.06. The number of aryl methyl sites for hydroxylation is 3. The first-order chi connectivity index (χ1) is 11.7. The van der Waals surface area contributed by atoms with Crippen LogP contribution in [0.4, 0.5) is 5.69 Å². The van der Waals surface area contributed by atoms with Gasteiger partial charge in [0.05, 0.1) is 18.3 Å². The molecule has 0 amide bonds. The van der Waals surface area contributed by atoms with Crippen molar-refractivity contribution in [2.75, 3.05) is 11.8 Å². The molecule has 0 unspecified atom stereocenters. The number of anilines is 1. The zero-order chi connectivity index (χ0) is 18.4. The summed E-state index contributed by atoms with van der Waals surface area (Å²) in [6.07, 6.45) is 0. The number of nitrogens with zero attached hydrogens (tertiary/aromatic N) is 1. The Bertz CT molecular complexity index is 1130. The van der Waals surface area contributed by atoms with E-state index in [0.29, 0.717) is 16.8 Å². The number of benzene rings is 2. The Morgan fingerprint density at radius 2 is 1.80 bits per heavy atom. The second-order valence-electron chi connectivity index (χ2n) is 5.80. The van der Waals surface area contributed by atoms with Crippen LogP contribution in [0.1, 0.15) is 11.1 Å². The van der Waals surface area contributed by atoms with Crippen LogP contribution in [0.2, 0.25) is 0 Å². The standard InChI is InChI=1S/C17H18N2O5S/c1-10-7-15(23-4)16(8-11(10)2)25(21,22)18-12-5-6-14-13(9-12)19(3)17(20)24-14/h5-9,18H,1-4H3. The van der Waals surface area contributed by atoms with Gasteiger partial charge in [0, 0.05) is 7.05 Å². The van der Waals surface area contributed by atoms with E-state index in [1.807, 2.05) is 13.8 Å². The van der Waals surface area contributed by atoms with Crippen LogP contribution in [0.5, 0.6) is 5.75 Å². The molecule has 2 aromatic carbocycles. The van der Waals surface area contributed by atoms with Crippen molar-refractivity contribution in [3.05, 3.63) is 52.0 Å². The number of hydrogen-bond acceptors (Lipinski definition) is 5. The molecular formula is C17H18N2O5S. The molecule has 0 saturated heterocycles. The fourth-order valence-electron chi connectivity index (χ4n) is 2.53. The van der Waals surface area contributed by atoms with Gasteiger partial charge in [0.2, 0.25) is 0 Å². The predicted molar refractivity (Wildman–Crippen MR) is 94.7 cm³/mol. The number of oxazole rings is 1. The quantitative estimate of drug-likeness (QED) is 0.770. The lowest BCUT2D eigenvalue weighted by molar-refractivity contribution is 0.402. The summed E-state index contributed by atoms with van der Waals surface area (Å²) in [5.41, 5.74) is 2.99. The number of fused-ring (bicyclic) bond motifs is 1. The lowest BCUT2D eigenvalue weighted by atomic mass is 10.1. The number of aromatic nitrogens is 1. The van der Waals surface area contributed by atoms with Gasteiger partial charge < -0.3 is 9.15 Å². The first-order valence-corrected chi connectivity index (χ1v) is 8.99. The normalized spacial score (nSPS) is 11.7. The van der Waals surface area contributed by atoms with E-state index in [1.54, 1.807) is 31.3 Å². The minimum absolute atomic E-state index is 0.0549. The van der Waals surface area contributed by atoms with E-state index in [9.17, 15) is 13.2 Å². The smallest absolute Gasteiger partial charge is 0.419 e. The molecule has 3 rings (SSSR count). The van der Waals surface area contributed by atoms with E-state index in [-0.39, 0.29) is 10.6 Å². The molecule has 0 bridgehead atoms. The number of nitrogens with one attached hydrogen (secondary N) is 1. The van der Waals surface area contributed by atoms with Crippen molar-refractivity contribution in [2.24, 2.45) is 7.05 Å². The summed E-state index contributed by atoms with van der Waals surface area (Å²) in [7, 11) is -0.882. The molecule has 0 aliphatic heterocycles. The molecule has 8 heteroatoms. The van der Waals surface area contributed by atoms with Crippen molar-refractivity contribution in [3.8, 4) is 5.75 Å². The van der Waals surface area contributed by atoms with Gasteiger partial charge in [-0.2, -0.15) is 0 Å². The van der Waals surface area contributed by atoms with Crippen molar-refractivity contribution >= 4 is 26.8 Å².